The average Bonchev–Trinajstić information content (AvgIpc) is 2.76. The summed E-state index contributed by atoms with van der Waals surface area (Å²) in [7, 11) is -3.90. The van der Waals surface area contributed by atoms with Crippen LogP contribution in [0.1, 0.15) is 32.3 Å². The summed E-state index contributed by atoms with van der Waals surface area (Å²) in [5, 5.41) is 3.88. The summed E-state index contributed by atoms with van der Waals surface area (Å²) in [6.45, 7) is 3.59. The summed E-state index contributed by atoms with van der Waals surface area (Å²) in [6.07, 6.45) is 2.01. The lowest BCUT2D eigenvalue weighted by molar-refractivity contribution is -0.140. The predicted molar refractivity (Wildman–Crippen MR) is 143 cm³/mol. The first-order valence-electron chi connectivity index (χ1n) is 10.8. The number of carbonyl (C=O) groups excluding carboxylic acids is 2. The van der Waals surface area contributed by atoms with Gasteiger partial charge in [0.2, 0.25) is 21.8 Å². The predicted octanol–water partition coefficient (Wildman–Crippen LogP) is 5.40. The fourth-order valence-corrected chi connectivity index (χ4v) is 5.09. The van der Waals surface area contributed by atoms with E-state index in [-0.39, 0.29) is 28.2 Å². The van der Waals surface area contributed by atoms with Crippen molar-refractivity contribution in [3.63, 3.8) is 0 Å². The molecule has 1 N–H and O–H groups in total. The molecule has 0 saturated heterocycles. The van der Waals surface area contributed by atoms with E-state index in [1.165, 1.54) is 23.1 Å². The molecule has 0 saturated carbocycles. The van der Waals surface area contributed by atoms with Crippen LogP contribution in [0.5, 0.6) is 0 Å². The van der Waals surface area contributed by atoms with Crippen molar-refractivity contribution in [1.29, 1.82) is 0 Å². The zero-order chi connectivity index (χ0) is 26.3. The van der Waals surface area contributed by atoms with Gasteiger partial charge in [-0.15, -0.1) is 0 Å². The van der Waals surface area contributed by atoms with Gasteiger partial charge in [-0.25, -0.2) is 8.42 Å². The second-order valence-electron chi connectivity index (χ2n) is 7.88. The normalized spacial score (nSPS) is 12.2. The van der Waals surface area contributed by atoms with E-state index in [1.807, 2.05) is 6.92 Å². The molecule has 0 fully saturated rings. The first kappa shape index (κ1) is 29.5. The number of carbonyl (C=O) groups is 2. The van der Waals surface area contributed by atoms with Crippen LogP contribution in [-0.4, -0.2) is 50.5 Å². The molecular formula is C23H27Cl4N3O4S. The standard InChI is InChI=1S/C23H27Cl4N3O4S/c1-4-8-28-23(32)21(5-2)29(13-15-6-7-19(26)20(27)9-15)22(31)14-30(35(3,33)34)18-11-16(24)10-17(25)12-18/h6-7,9-12,21H,4-5,8,13-14H2,1-3H3,(H,28,32)/t21-/m1/s1. The van der Waals surface area contributed by atoms with E-state index in [4.69, 9.17) is 46.4 Å². The van der Waals surface area contributed by atoms with E-state index in [0.29, 0.717) is 28.6 Å². The van der Waals surface area contributed by atoms with Crippen LogP contribution >= 0.6 is 46.4 Å². The number of sulfonamides is 1. The SMILES string of the molecule is CCCNC(=O)[C@@H](CC)N(Cc1ccc(Cl)c(Cl)c1)C(=O)CN(c1cc(Cl)cc(Cl)c1)S(C)(=O)=O. The molecule has 1 atom stereocenters. The maximum Gasteiger partial charge on any atom is 0.244 e. The zero-order valence-electron chi connectivity index (χ0n) is 19.5. The smallest absolute Gasteiger partial charge is 0.244 e. The maximum atomic E-state index is 13.6. The van der Waals surface area contributed by atoms with E-state index in [2.05, 4.69) is 5.32 Å². The Morgan fingerprint density at radius 2 is 1.60 bits per heavy atom. The Balaban J connectivity index is 2.48. The van der Waals surface area contributed by atoms with E-state index in [1.54, 1.807) is 25.1 Å². The third kappa shape index (κ3) is 8.43. The van der Waals surface area contributed by atoms with Crippen LogP contribution in [0, 0.1) is 0 Å². The number of halogens is 4. The Morgan fingerprint density at radius 3 is 2.11 bits per heavy atom. The highest BCUT2D eigenvalue weighted by atomic mass is 35.5. The Labute approximate surface area is 226 Å². The number of hydrogen-bond acceptors (Lipinski definition) is 4. The summed E-state index contributed by atoms with van der Waals surface area (Å²) in [4.78, 5) is 27.8. The van der Waals surface area contributed by atoms with Crippen molar-refractivity contribution in [3.8, 4) is 0 Å². The van der Waals surface area contributed by atoms with Crippen LogP contribution < -0.4 is 9.62 Å². The minimum absolute atomic E-state index is 0.0156. The molecule has 2 aromatic carbocycles. The van der Waals surface area contributed by atoms with Crippen LogP contribution in [0.4, 0.5) is 5.69 Å². The summed E-state index contributed by atoms with van der Waals surface area (Å²) in [6, 6.07) is 8.30. The van der Waals surface area contributed by atoms with Gasteiger partial charge in [-0.2, -0.15) is 0 Å². The van der Waals surface area contributed by atoms with Crippen LogP contribution in [-0.2, 0) is 26.2 Å². The minimum Gasteiger partial charge on any atom is -0.354 e. The zero-order valence-corrected chi connectivity index (χ0v) is 23.4. The van der Waals surface area contributed by atoms with E-state index >= 15 is 0 Å². The molecule has 0 aromatic heterocycles. The Hall–Kier alpha value is -1.71. The van der Waals surface area contributed by atoms with E-state index < -0.39 is 28.5 Å². The Bertz CT molecular complexity index is 1160. The van der Waals surface area contributed by atoms with Gasteiger partial charge < -0.3 is 10.2 Å². The lowest BCUT2D eigenvalue weighted by Crippen LogP contribution is -2.52. The van der Waals surface area contributed by atoms with Crippen LogP contribution in [0.15, 0.2) is 36.4 Å². The molecule has 12 heteroatoms. The highest BCUT2D eigenvalue weighted by Gasteiger charge is 2.32. The van der Waals surface area contributed by atoms with E-state index in [9.17, 15) is 18.0 Å². The largest absolute Gasteiger partial charge is 0.354 e. The van der Waals surface area contributed by atoms with Gasteiger partial charge in [-0.05, 0) is 48.7 Å². The molecule has 0 aliphatic carbocycles. The van der Waals surface area contributed by atoms with Crippen molar-refractivity contribution in [2.45, 2.75) is 39.3 Å². The number of anilines is 1. The van der Waals surface area contributed by atoms with Gasteiger partial charge in [0.15, 0.2) is 0 Å². The average molecular weight is 583 g/mol. The number of nitrogens with zero attached hydrogens (tertiary/aromatic N) is 2. The molecule has 0 radical (unpaired) electrons. The molecule has 192 valence electrons. The van der Waals surface area contributed by atoms with Gasteiger partial charge in [0.25, 0.3) is 0 Å². The van der Waals surface area contributed by atoms with Gasteiger partial charge in [0, 0.05) is 23.1 Å². The van der Waals surface area contributed by atoms with Gasteiger partial charge in [0.05, 0.1) is 22.0 Å². The fraction of sp³-hybridized carbons (Fsp3) is 0.391. The number of rotatable bonds is 11. The van der Waals surface area contributed by atoms with Gasteiger partial charge in [-0.1, -0.05) is 66.3 Å². The first-order valence-corrected chi connectivity index (χ1v) is 14.2. The van der Waals surface area contributed by atoms with Gasteiger partial charge >= 0.3 is 0 Å². The molecule has 0 aliphatic heterocycles. The maximum absolute atomic E-state index is 13.6. The van der Waals surface area contributed by atoms with Gasteiger partial charge in [0.1, 0.15) is 12.6 Å². The summed E-state index contributed by atoms with van der Waals surface area (Å²) < 4.78 is 26.2. The Kier molecular flexibility index (Phi) is 11.0. The number of nitrogens with one attached hydrogen (secondary N) is 1. The lowest BCUT2D eigenvalue weighted by Gasteiger charge is -2.33. The van der Waals surface area contributed by atoms with Crippen molar-refractivity contribution < 1.29 is 18.0 Å². The molecule has 2 rings (SSSR count). The highest BCUT2D eigenvalue weighted by molar-refractivity contribution is 7.92. The molecule has 0 spiro atoms. The molecule has 35 heavy (non-hydrogen) atoms. The summed E-state index contributed by atoms with van der Waals surface area (Å²) >= 11 is 24.3. The van der Waals surface area contributed by atoms with Crippen molar-refractivity contribution in [2.24, 2.45) is 0 Å². The van der Waals surface area contributed by atoms with E-state index in [0.717, 1.165) is 17.0 Å². The van der Waals surface area contributed by atoms with Crippen molar-refractivity contribution in [3.05, 3.63) is 62.1 Å². The molecular weight excluding hydrogens is 556 g/mol. The number of benzene rings is 2. The van der Waals surface area contributed by atoms with Crippen molar-refractivity contribution in [1.82, 2.24) is 10.2 Å². The molecule has 2 aromatic rings. The second-order valence-corrected chi connectivity index (χ2v) is 11.5. The minimum atomic E-state index is -3.90. The highest BCUT2D eigenvalue weighted by Crippen LogP contribution is 2.28. The van der Waals surface area contributed by atoms with Crippen LogP contribution in [0.25, 0.3) is 0 Å². The van der Waals surface area contributed by atoms with Crippen molar-refractivity contribution >= 4 is 73.9 Å². The van der Waals surface area contributed by atoms with Gasteiger partial charge in [-0.3, -0.25) is 13.9 Å². The molecule has 0 bridgehead atoms. The topological polar surface area (TPSA) is 86.8 Å². The van der Waals surface area contributed by atoms with Crippen LogP contribution in [0.3, 0.4) is 0 Å². The number of hydrogen-bond donors (Lipinski definition) is 1. The summed E-state index contributed by atoms with van der Waals surface area (Å²) in [5.41, 5.74) is 0.766. The molecule has 0 heterocycles. The molecule has 2 amide bonds. The summed E-state index contributed by atoms with van der Waals surface area (Å²) in [5.74, 6) is -0.921. The third-order valence-electron chi connectivity index (χ3n) is 5.09. The second kappa shape index (κ2) is 13.0. The van der Waals surface area contributed by atoms with Crippen LogP contribution in [0.2, 0.25) is 20.1 Å². The monoisotopic (exact) mass is 581 g/mol. The molecule has 7 nitrogen and oxygen atoms in total. The van der Waals surface area contributed by atoms with Crippen molar-refractivity contribution in [2.75, 3.05) is 23.7 Å². The lowest BCUT2D eigenvalue weighted by atomic mass is 10.1. The Morgan fingerprint density at radius 1 is 0.971 bits per heavy atom. The molecule has 0 unspecified atom stereocenters. The molecule has 0 aliphatic rings. The number of amides is 2. The third-order valence-corrected chi connectivity index (χ3v) is 7.40. The first-order chi connectivity index (χ1) is 16.4. The fourth-order valence-electron chi connectivity index (χ4n) is 3.42. The quantitative estimate of drug-likeness (QED) is 0.384.